The van der Waals surface area contributed by atoms with Crippen LogP contribution in [0.25, 0.3) is 0 Å². The van der Waals surface area contributed by atoms with E-state index in [0.29, 0.717) is 23.2 Å². The summed E-state index contributed by atoms with van der Waals surface area (Å²) >= 11 is 0. The fraction of sp³-hybridized carbons (Fsp3) is 0.688. The Hall–Kier alpha value is -2.20. The maximum absolute atomic E-state index is 13.7. The lowest BCUT2D eigenvalue weighted by atomic mass is 10.0. The molecule has 0 aliphatic heterocycles. The van der Waals surface area contributed by atoms with E-state index in [0.717, 1.165) is 12.8 Å². The average molecular weight is 794 g/mol. The molecule has 0 aliphatic rings. The third-order valence-corrected chi connectivity index (χ3v) is 22.5. The number of nitrogens with one attached hydrogen (secondary N) is 1. The summed E-state index contributed by atoms with van der Waals surface area (Å²) in [6, 6.07) is 21.1. The summed E-state index contributed by atoms with van der Waals surface area (Å²) in [5.74, 6) is 0. The Morgan fingerprint density at radius 2 is 1.11 bits per heavy atom. The molecule has 0 saturated carbocycles. The Balaban J connectivity index is 2.57. The van der Waals surface area contributed by atoms with Crippen LogP contribution in [0.5, 0.6) is 0 Å². The van der Waals surface area contributed by atoms with Crippen LogP contribution < -0.4 is 15.7 Å². The molecule has 2 rings (SSSR count). The van der Waals surface area contributed by atoms with E-state index in [1.54, 1.807) is 0 Å². The quantitative estimate of drug-likeness (QED) is 0.0618. The van der Waals surface area contributed by atoms with Gasteiger partial charge in [-0.05, 0) is 65.6 Å². The van der Waals surface area contributed by atoms with Crippen molar-refractivity contribution in [2.45, 2.75) is 206 Å². The molecule has 2 aromatic carbocycles. The lowest BCUT2D eigenvalue weighted by Crippen LogP contribution is -2.69. The molecule has 0 aliphatic carbocycles. The number of rotatable bonds is 25. The molecule has 2 atom stereocenters. The van der Waals surface area contributed by atoms with Gasteiger partial charge in [-0.2, -0.15) is 0 Å². The van der Waals surface area contributed by atoms with Crippen LogP contribution in [0.1, 0.15) is 167 Å². The summed E-state index contributed by atoms with van der Waals surface area (Å²) in [4.78, 5) is 13.7. The molecule has 0 aromatic heterocycles. The summed E-state index contributed by atoms with van der Waals surface area (Å²) in [5, 5.41) is 5.51. The third kappa shape index (κ3) is 15.2. The first-order valence-electron chi connectivity index (χ1n) is 22.0. The van der Waals surface area contributed by atoms with Crippen LogP contribution >= 0.6 is 0 Å². The SMILES string of the molecule is CCCCCCCCCCCCC/C=C/[C@@H](O[Si](c1ccccc1)(c1ccccc1)C(C)(C)C)[C@H](CO[Si](C(C)C)(C(C)C)C(C)C)NC(=O)OC(C)(C)C. The lowest BCUT2D eigenvalue weighted by molar-refractivity contribution is 0.0421. The van der Waals surface area contributed by atoms with Gasteiger partial charge >= 0.3 is 6.09 Å². The van der Waals surface area contributed by atoms with E-state index in [9.17, 15) is 4.79 Å². The molecule has 0 radical (unpaired) electrons. The first kappa shape index (κ1) is 49.0. The number of ether oxygens (including phenoxy) is 1. The minimum absolute atomic E-state index is 0.235. The van der Waals surface area contributed by atoms with Gasteiger partial charge in [0.15, 0.2) is 8.32 Å². The zero-order valence-corrected chi connectivity index (χ0v) is 39.6. The van der Waals surface area contributed by atoms with Crippen molar-refractivity contribution in [2.75, 3.05) is 6.61 Å². The average Bonchev–Trinajstić information content (AvgIpc) is 3.10. The number of hydrogen-bond acceptors (Lipinski definition) is 4. The number of allylic oxidation sites excluding steroid dienone is 1. The van der Waals surface area contributed by atoms with Gasteiger partial charge in [-0.1, -0.05) is 206 Å². The highest BCUT2D eigenvalue weighted by atomic mass is 28.4. The van der Waals surface area contributed by atoms with Crippen LogP contribution in [-0.2, 0) is 13.6 Å². The summed E-state index contributed by atoms with van der Waals surface area (Å²) < 4.78 is 21.0. The number of carbonyl (C=O) groups is 1. The zero-order valence-electron chi connectivity index (χ0n) is 37.6. The van der Waals surface area contributed by atoms with Crippen LogP contribution in [0.15, 0.2) is 72.8 Å². The summed E-state index contributed by atoms with van der Waals surface area (Å²) in [7, 11) is -5.30. The van der Waals surface area contributed by atoms with E-state index in [2.05, 4.69) is 147 Å². The molecule has 0 unspecified atom stereocenters. The van der Waals surface area contributed by atoms with Gasteiger partial charge in [-0.25, -0.2) is 4.79 Å². The third-order valence-electron chi connectivity index (χ3n) is 11.3. The van der Waals surface area contributed by atoms with Gasteiger partial charge in [0.05, 0.1) is 18.8 Å². The molecule has 7 heteroatoms. The molecule has 0 fully saturated rings. The van der Waals surface area contributed by atoms with Crippen LogP contribution in [0, 0.1) is 0 Å². The Bertz CT molecular complexity index is 1290. The normalized spacial score (nSPS) is 14.3. The number of alkyl carbamates (subject to hydrolysis) is 1. The maximum atomic E-state index is 13.7. The van der Waals surface area contributed by atoms with Gasteiger partial charge in [-0.3, -0.25) is 0 Å². The van der Waals surface area contributed by atoms with Crippen molar-refractivity contribution in [3.8, 4) is 0 Å². The van der Waals surface area contributed by atoms with Crippen molar-refractivity contribution in [1.29, 1.82) is 0 Å². The van der Waals surface area contributed by atoms with Gasteiger partial charge in [0.1, 0.15) is 5.60 Å². The highest BCUT2D eigenvalue weighted by molar-refractivity contribution is 6.99. The van der Waals surface area contributed by atoms with Crippen molar-refractivity contribution in [2.24, 2.45) is 0 Å². The second-order valence-electron chi connectivity index (χ2n) is 18.9. The largest absolute Gasteiger partial charge is 0.444 e. The Morgan fingerprint density at radius 3 is 1.51 bits per heavy atom. The van der Waals surface area contributed by atoms with Crippen LogP contribution in [-0.4, -0.2) is 47.1 Å². The van der Waals surface area contributed by atoms with E-state index in [4.69, 9.17) is 13.6 Å². The molecule has 1 amide bonds. The molecule has 5 nitrogen and oxygen atoms in total. The summed E-state index contributed by atoms with van der Waals surface area (Å²) in [6.45, 7) is 29.2. The summed E-state index contributed by atoms with van der Waals surface area (Å²) in [6.07, 6.45) is 19.2. The fourth-order valence-electron chi connectivity index (χ4n) is 8.72. The lowest BCUT2D eigenvalue weighted by Gasteiger charge is -2.47. The minimum Gasteiger partial charge on any atom is -0.444 e. The number of carbonyl (C=O) groups excluding carboxylic acids is 1. The Labute approximate surface area is 341 Å². The van der Waals surface area contributed by atoms with Crippen LogP contribution in [0.2, 0.25) is 21.7 Å². The van der Waals surface area contributed by atoms with Crippen LogP contribution in [0.4, 0.5) is 4.79 Å². The van der Waals surface area contributed by atoms with E-state index in [1.165, 1.54) is 74.6 Å². The predicted molar refractivity (Wildman–Crippen MR) is 243 cm³/mol. The number of unbranched alkanes of at least 4 members (excludes halogenated alkanes) is 11. The molecule has 312 valence electrons. The first-order chi connectivity index (χ1) is 25.9. The van der Waals surface area contributed by atoms with Crippen molar-refractivity contribution in [3.63, 3.8) is 0 Å². The maximum Gasteiger partial charge on any atom is 0.408 e. The predicted octanol–water partition coefficient (Wildman–Crippen LogP) is 13.3. The smallest absolute Gasteiger partial charge is 0.408 e. The van der Waals surface area contributed by atoms with Gasteiger partial charge in [0.2, 0.25) is 0 Å². The summed E-state index contributed by atoms with van der Waals surface area (Å²) in [5.41, 5.74) is 0.577. The molecule has 55 heavy (non-hydrogen) atoms. The van der Waals surface area contributed by atoms with Crippen molar-refractivity contribution in [1.82, 2.24) is 5.32 Å². The number of amides is 1. The van der Waals surface area contributed by atoms with Gasteiger partial charge < -0.3 is 18.9 Å². The van der Waals surface area contributed by atoms with Crippen molar-refractivity contribution in [3.05, 3.63) is 72.8 Å². The standard InChI is InChI=1S/C48H83NO4Si2/c1-14-15-16-17-18-19-20-21-22-23-24-25-32-37-45(53-55(48(11,12)13,42-33-28-26-29-34-42)43-35-30-27-31-36-43)44(49-46(50)52-47(8,9)10)38-51-54(39(2)3,40(4)5)41(6)7/h26-37,39-41,44-45H,14-25,38H2,1-13H3,(H,49,50)/b37-32+/t44-,45+/m0/s1. The molecular weight excluding hydrogens is 711 g/mol. The second kappa shape index (κ2) is 23.9. The molecule has 0 saturated heterocycles. The van der Waals surface area contributed by atoms with Gasteiger partial charge in [0.25, 0.3) is 8.32 Å². The first-order valence-corrected chi connectivity index (χ1v) is 26.1. The van der Waals surface area contributed by atoms with E-state index >= 15 is 0 Å². The van der Waals surface area contributed by atoms with Crippen LogP contribution in [0.3, 0.4) is 0 Å². The molecule has 0 bridgehead atoms. The fourth-order valence-corrected chi connectivity index (χ4v) is 18.9. The van der Waals surface area contributed by atoms with Gasteiger partial charge in [0, 0.05) is 0 Å². The molecular formula is C48H83NO4Si2. The van der Waals surface area contributed by atoms with E-state index < -0.39 is 40.5 Å². The van der Waals surface area contributed by atoms with E-state index in [-0.39, 0.29) is 5.04 Å². The Morgan fingerprint density at radius 1 is 0.673 bits per heavy atom. The minimum atomic E-state index is -3.01. The highest BCUT2D eigenvalue weighted by Crippen LogP contribution is 2.43. The van der Waals surface area contributed by atoms with Crippen molar-refractivity contribution >= 4 is 33.1 Å². The van der Waals surface area contributed by atoms with E-state index in [1.807, 2.05) is 20.8 Å². The molecule has 0 spiro atoms. The van der Waals surface area contributed by atoms with Crippen molar-refractivity contribution < 1.29 is 18.4 Å². The van der Waals surface area contributed by atoms with Gasteiger partial charge in [-0.15, -0.1) is 0 Å². The molecule has 0 heterocycles. The molecule has 2 aromatic rings. The number of hydrogen-bond donors (Lipinski definition) is 1. The Kier molecular flexibility index (Phi) is 21.3. The molecule has 1 N–H and O–H groups in total. The monoisotopic (exact) mass is 794 g/mol. The zero-order chi connectivity index (χ0) is 41.1. The second-order valence-corrected chi connectivity index (χ2v) is 28.6. The highest BCUT2D eigenvalue weighted by Gasteiger charge is 2.53. The topological polar surface area (TPSA) is 56.8 Å². The number of benzene rings is 2.